The summed E-state index contributed by atoms with van der Waals surface area (Å²) >= 11 is 0. The van der Waals surface area contributed by atoms with E-state index in [1.165, 1.54) is 37.7 Å². The van der Waals surface area contributed by atoms with E-state index in [1.54, 1.807) is 0 Å². The van der Waals surface area contributed by atoms with Gasteiger partial charge in [0.15, 0.2) is 0 Å². The number of hydrogen-bond acceptors (Lipinski definition) is 3. The van der Waals surface area contributed by atoms with E-state index >= 15 is 0 Å². The molecule has 17 heavy (non-hydrogen) atoms. The maximum atomic E-state index is 5.19. The Morgan fingerprint density at radius 1 is 1.24 bits per heavy atom. The van der Waals surface area contributed by atoms with E-state index in [0.29, 0.717) is 6.04 Å². The van der Waals surface area contributed by atoms with Crippen molar-refractivity contribution in [1.29, 1.82) is 0 Å². The van der Waals surface area contributed by atoms with Crippen LogP contribution in [-0.2, 0) is 6.54 Å². The molecule has 1 heterocycles. The lowest BCUT2D eigenvalue weighted by atomic mass is 10.0. The largest absolute Gasteiger partial charge is 0.361 e. The molecular formula is C14H24N2O. The number of nitrogens with one attached hydrogen (secondary N) is 1. The summed E-state index contributed by atoms with van der Waals surface area (Å²) in [7, 11) is 0. The lowest BCUT2D eigenvalue weighted by Gasteiger charge is -2.16. The second-order valence-corrected chi connectivity index (χ2v) is 5.49. The highest BCUT2D eigenvalue weighted by Crippen LogP contribution is 2.23. The summed E-state index contributed by atoms with van der Waals surface area (Å²) in [4.78, 5) is 0. The van der Waals surface area contributed by atoms with Crippen molar-refractivity contribution >= 4 is 0 Å². The van der Waals surface area contributed by atoms with Gasteiger partial charge in [-0.3, -0.25) is 0 Å². The molecule has 0 saturated heterocycles. The normalized spacial score (nSPS) is 25.8. The molecule has 1 saturated carbocycles. The lowest BCUT2D eigenvalue weighted by molar-refractivity contribution is 0.390. The molecule has 1 aliphatic rings. The fraction of sp³-hybridized carbons (Fsp3) is 0.786. The number of aromatic nitrogens is 1. The highest BCUT2D eigenvalue weighted by molar-refractivity contribution is 5.20. The Morgan fingerprint density at radius 2 is 2.06 bits per heavy atom. The van der Waals surface area contributed by atoms with Crippen molar-refractivity contribution in [1.82, 2.24) is 10.5 Å². The molecule has 3 nitrogen and oxygen atoms in total. The van der Waals surface area contributed by atoms with Crippen molar-refractivity contribution in [2.24, 2.45) is 5.92 Å². The predicted molar refractivity (Wildman–Crippen MR) is 68.9 cm³/mol. The van der Waals surface area contributed by atoms with Crippen LogP contribution in [0.15, 0.2) is 4.52 Å². The third kappa shape index (κ3) is 3.32. The zero-order valence-electron chi connectivity index (χ0n) is 11.3. The van der Waals surface area contributed by atoms with Crippen LogP contribution in [-0.4, -0.2) is 11.2 Å². The number of hydrogen-bond donors (Lipinski definition) is 1. The third-order valence-corrected chi connectivity index (χ3v) is 4.01. The molecule has 2 rings (SSSR count). The van der Waals surface area contributed by atoms with Crippen LogP contribution in [0.4, 0.5) is 0 Å². The van der Waals surface area contributed by atoms with Crippen molar-refractivity contribution in [2.75, 3.05) is 0 Å². The smallest absolute Gasteiger partial charge is 0.138 e. The van der Waals surface area contributed by atoms with Crippen molar-refractivity contribution in [3.05, 3.63) is 17.0 Å². The van der Waals surface area contributed by atoms with E-state index in [2.05, 4.69) is 17.4 Å². The van der Waals surface area contributed by atoms with Crippen LogP contribution < -0.4 is 5.32 Å². The van der Waals surface area contributed by atoms with Gasteiger partial charge in [-0.25, -0.2) is 0 Å². The van der Waals surface area contributed by atoms with Gasteiger partial charge >= 0.3 is 0 Å². The van der Waals surface area contributed by atoms with Gasteiger partial charge in [-0.1, -0.05) is 24.9 Å². The molecule has 1 aromatic heterocycles. The van der Waals surface area contributed by atoms with Crippen LogP contribution in [0, 0.1) is 19.8 Å². The van der Waals surface area contributed by atoms with Gasteiger partial charge < -0.3 is 9.84 Å². The van der Waals surface area contributed by atoms with Gasteiger partial charge in [-0.2, -0.15) is 0 Å². The maximum absolute atomic E-state index is 5.19. The second-order valence-electron chi connectivity index (χ2n) is 5.49. The monoisotopic (exact) mass is 236 g/mol. The quantitative estimate of drug-likeness (QED) is 0.818. The standard InChI is InChI=1S/C14H24N2O/c1-10-5-4-6-13(8-7-10)15-9-14-11(2)16-17-12(14)3/h10,13,15H,4-9H2,1-3H3. The van der Waals surface area contributed by atoms with E-state index in [4.69, 9.17) is 4.52 Å². The highest BCUT2D eigenvalue weighted by atomic mass is 16.5. The van der Waals surface area contributed by atoms with E-state index in [9.17, 15) is 0 Å². The van der Waals surface area contributed by atoms with Gasteiger partial charge in [0, 0.05) is 18.2 Å². The first-order valence-electron chi connectivity index (χ1n) is 6.82. The molecule has 0 bridgehead atoms. The minimum Gasteiger partial charge on any atom is -0.361 e. The Kier molecular flexibility index (Phi) is 4.21. The SMILES string of the molecule is Cc1noc(C)c1CNC1CCCC(C)CC1. The Labute approximate surface area is 104 Å². The second kappa shape index (κ2) is 5.67. The van der Waals surface area contributed by atoms with Crippen LogP contribution in [0.25, 0.3) is 0 Å². The van der Waals surface area contributed by atoms with Gasteiger partial charge in [-0.15, -0.1) is 0 Å². The predicted octanol–water partition coefficient (Wildman–Crippen LogP) is 3.35. The van der Waals surface area contributed by atoms with Crippen LogP contribution in [0.2, 0.25) is 0 Å². The summed E-state index contributed by atoms with van der Waals surface area (Å²) < 4.78 is 5.19. The van der Waals surface area contributed by atoms with E-state index in [0.717, 1.165) is 23.9 Å². The molecule has 0 radical (unpaired) electrons. The Morgan fingerprint density at radius 3 is 2.76 bits per heavy atom. The molecule has 1 fully saturated rings. The molecule has 1 N–H and O–H groups in total. The van der Waals surface area contributed by atoms with Gasteiger partial charge in [0.25, 0.3) is 0 Å². The fourth-order valence-corrected chi connectivity index (χ4v) is 2.69. The van der Waals surface area contributed by atoms with E-state index < -0.39 is 0 Å². The zero-order chi connectivity index (χ0) is 12.3. The highest BCUT2D eigenvalue weighted by Gasteiger charge is 2.17. The molecule has 2 atom stereocenters. The van der Waals surface area contributed by atoms with Gasteiger partial charge in [0.1, 0.15) is 5.76 Å². The Balaban J connectivity index is 1.85. The van der Waals surface area contributed by atoms with Gasteiger partial charge in [-0.05, 0) is 39.0 Å². The average Bonchev–Trinajstić information content (AvgIpc) is 2.51. The summed E-state index contributed by atoms with van der Waals surface area (Å²) in [5, 5.41) is 7.66. The van der Waals surface area contributed by atoms with Crippen molar-refractivity contribution < 1.29 is 4.52 Å². The first-order chi connectivity index (χ1) is 8.16. The molecule has 0 spiro atoms. The first kappa shape index (κ1) is 12.6. The fourth-order valence-electron chi connectivity index (χ4n) is 2.69. The summed E-state index contributed by atoms with van der Waals surface area (Å²) in [5.41, 5.74) is 2.26. The van der Waals surface area contributed by atoms with E-state index in [-0.39, 0.29) is 0 Å². The number of aryl methyl sites for hydroxylation is 2. The van der Waals surface area contributed by atoms with Crippen LogP contribution in [0.1, 0.15) is 56.0 Å². The zero-order valence-corrected chi connectivity index (χ0v) is 11.3. The van der Waals surface area contributed by atoms with E-state index in [1.807, 2.05) is 13.8 Å². The Bertz CT molecular complexity index is 340. The van der Waals surface area contributed by atoms with Crippen molar-refractivity contribution in [3.8, 4) is 0 Å². The van der Waals surface area contributed by atoms with Crippen molar-refractivity contribution in [2.45, 2.75) is 65.5 Å². The molecular weight excluding hydrogens is 212 g/mol. The summed E-state index contributed by atoms with van der Waals surface area (Å²) in [5.74, 6) is 1.86. The lowest BCUT2D eigenvalue weighted by Crippen LogP contribution is -2.28. The van der Waals surface area contributed by atoms with Gasteiger partial charge in [0.2, 0.25) is 0 Å². The molecule has 0 aromatic carbocycles. The molecule has 2 unspecified atom stereocenters. The molecule has 1 aromatic rings. The average molecular weight is 236 g/mol. The third-order valence-electron chi connectivity index (χ3n) is 4.01. The topological polar surface area (TPSA) is 38.1 Å². The maximum Gasteiger partial charge on any atom is 0.138 e. The number of nitrogens with zero attached hydrogens (tertiary/aromatic N) is 1. The molecule has 0 amide bonds. The van der Waals surface area contributed by atoms with Crippen LogP contribution >= 0.6 is 0 Å². The van der Waals surface area contributed by atoms with Crippen molar-refractivity contribution in [3.63, 3.8) is 0 Å². The van der Waals surface area contributed by atoms with Crippen LogP contribution in [0.3, 0.4) is 0 Å². The minimum absolute atomic E-state index is 0.675. The summed E-state index contributed by atoms with van der Waals surface area (Å²) in [6.45, 7) is 7.28. The minimum atomic E-state index is 0.675. The molecule has 1 aliphatic carbocycles. The number of rotatable bonds is 3. The van der Waals surface area contributed by atoms with Gasteiger partial charge in [0.05, 0.1) is 5.69 Å². The molecule has 3 heteroatoms. The summed E-state index contributed by atoms with van der Waals surface area (Å²) in [6.07, 6.45) is 6.74. The first-order valence-corrected chi connectivity index (χ1v) is 6.82. The summed E-state index contributed by atoms with van der Waals surface area (Å²) in [6, 6.07) is 0.675. The Hall–Kier alpha value is -0.830. The molecule has 0 aliphatic heterocycles. The van der Waals surface area contributed by atoms with Crippen LogP contribution in [0.5, 0.6) is 0 Å². The molecule has 96 valence electrons.